The Kier molecular flexibility index (Phi) is 10.5. The molecule has 3 rings (SSSR count). The Bertz CT molecular complexity index is 1160. The number of hydrogen-bond donors (Lipinski definition) is 3. The number of nitrogens with one attached hydrogen (secondary N) is 2. The van der Waals surface area contributed by atoms with Crippen molar-refractivity contribution in [1.29, 1.82) is 0 Å². The van der Waals surface area contributed by atoms with Crippen molar-refractivity contribution in [3.63, 3.8) is 0 Å². The summed E-state index contributed by atoms with van der Waals surface area (Å²) in [6.45, 7) is 5.69. The second-order valence-electron chi connectivity index (χ2n) is 10.4. The van der Waals surface area contributed by atoms with Crippen molar-refractivity contribution in [2.45, 2.75) is 58.3 Å². The Morgan fingerprint density at radius 3 is 2.38 bits per heavy atom. The number of aliphatic hydroxyl groups is 1. The van der Waals surface area contributed by atoms with E-state index in [9.17, 15) is 28.3 Å². The third-order valence-corrected chi connectivity index (χ3v) is 6.94. The number of likely N-dealkylation sites (N-methyl/N-ethyl adjacent to an activating group) is 1. The number of carbonyl (C=O) groups is 3. The maximum Gasteiger partial charge on any atom is 0.246 e. The van der Waals surface area contributed by atoms with Crippen LogP contribution in [0, 0.1) is 17.6 Å². The summed E-state index contributed by atoms with van der Waals surface area (Å²) in [6, 6.07) is 9.48. The van der Waals surface area contributed by atoms with Crippen molar-refractivity contribution in [2.75, 3.05) is 26.7 Å². The number of carbonyl (C=O) groups excluding carboxylic acids is 3. The van der Waals surface area contributed by atoms with E-state index < -0.39 is 35.7 Å². The number of nitrogens with zero attached hydrogens (tertiary/aromatic N) is 2. The van der Waals surface area contributed by atoms with Gasteiger partial charge in [-0.25, -0.2) is 8.78 Å². The van der Waals surface area contributed by atoms with Gasteiger partial charge in [-0.15, -0.1) is 0 Å². The zero-order valence-corrected chi connectivity index (χ0v) is 22.9. The second-order valence-corrected chi connectivity index (χ2v) is 10.4. The summed E-state index contributed by atoms with van der Waals surface area (Å²) in [6.07, 6.45) is -0.254. The molecule has 2 aromatic carbocycles. The molecule has 3 atom stereocenters. The van der Waals surface area contributed by atoms with Crippen LogP contribution in [0.1, 0.15) is 37.5 Å². The van der Waals surface area contributed by atoms with Crippen LogP contribution in [0.3, 0.4) is 0 Å². The predicted molar refractivity (Wildman–Crippen MR) is 144 cm³/mol. The summed E-state index contributed by atoms with van der Waals surface area (Å²) in [5.74, 6) is -2.86. The fraction of sp³-hybridized carbons (Fsp3) is 0.483. The maximum atomic E-state index is 13.8. The van der Waals surface area contributed by atoms with Gasteiger partial charge in [0.2, 0.25) is 17.7 Å². The van der Waals surface area contributed by atoms with E-state index in [0.717, 1.165) is 30.2 Å². The van der Waals surface area contributed by atoms with Gasteiger partial charge in [-0.3, -0.25) is 14.4 Å². The summed E-state index contributed by atoms with van der Waals surface area (Å²) >= 11 is 0. The molecule has 1 fully saturated rings. The van der Waals surface area contributed by atoms with Crippen LogP contribution in [0.5, 0.6) is 0 Å². The van der Waals surface area contributed by atoms with Crippen molar-refractivity contribution in [3.05, 3.63) is 70.8 Å². The van der Waals surface area contributed by atoms with E-state index in [2.05, 4.69) is 23.6 Å². The van der Waals surface area contributed by atoms with E-state index >= 15 is 0 Å². The number of aliphatic hydroxyl groups excluding tert-OH is 1. The number of rotatable bonds is 12. The molecule has 0 saturated carbocycles. The molecule has 212 valence electrons. The fourth-order valence-electron chi connectivity index (χ4n) is 4.88. The average molecular weight is 545 g/mol. The molecule has 1 aliphatic rings. The Morgan fingerprint density at radius 2 is 1.74 bits per heavy atom. The number of aryl methyl sites for hydroxylation is 1. The molecule has 0 bridgehead atoms. The van der Waals surface area contributed by atoms with Crippen LogP contribution in [0.25, 0.3) is 0 Å². The highest BCUT2D eigenvalue weighted by Crippen LogP contribution is 2.18. The van der Waals surface area contributed by atoms with Crippen molar-refractivity contribution >= 4 is 17.7 Å². The molecule has 2 aromatic rings. The van der Waals surface area contributed by atoms with Crippen LogP contribution in [0.2, 0.25) is 0 Å². The molecule has 1 heterocycles. The SMILES string of the molecule is CCc1cccc(CNC[C@@H](O)[C@H](Cc2cc(F)cc(F)c2)NC(=O)CN2CC(=O)N(C)[C@@H](C(C)C)C2=O)c1. The van der Waals surface area contributed by atoms with Gasteiger partial charge in [-0.1, -0.05) is 45.0 Å². The molecule has 0 aromatic heterocycles. The van der Waals surface area contributed by atoms with E-state index in [1.807, 2.05) is 32.0 Å². The van der Waals surface area contributed by atoms with Crippen molar-refractivity contribution < 1.29 is 28.3 Å². The molecule has 0 radical (unpaired) electrons. The minimum atomic E-state index is -1.11. The third-order valence-electron chi connectivity index (χ3n) is 6.94. The van der Waals surface area contributed by atoms with Gasteiger partial charge >= 0.3 is 0 Å². The molecule has 1 saturated heterocycles. The average Bonchev–Trinajstić information content (AvgIpc) is 2.86. The Hall–Kier alpha value is -3.37. The lowest BCUT2D eigenvalue weighted by molar-refractivity contribution is -0.157. The van der Waals surface area contributed by atoms with E-state index in [1.165, 1.54) is 15.4 Å². The molecule has 3 amide bonds. The summed E-state index contributed by atoms with van der Waals surface area (Å²) in [5, 5.41) is 16.9. The van der Waals surface area contributed by atoms with Crippen LogP contribution in [0.15, 0.2) is 42.5 Å². The molecule has 0 unspecified atom stereocenters. The molecule has 8 nitrogen and oxygen atoms in total. The van der Waals surface area contributed by atoms with Gasteiger partial charge in [-0.05, 0) is 47.6 Å². The van der Waals surface area contributed by atoms with Gasteiger partial charge < -0.3 is 25.5 Å². The summed E-state index contributed by atoms with van der Waals surface area (Å²) in [4.78, 5) is 41.0. The van der Waals surface area contributed by atoms with E-state index in [4.69, 9.17) is 0 Å². The first-order chi connectivity index (χ1) is 18.5. The molecular formula is C29H38F2N4O4. The first kappa shape index (κ1) is 30.2. The summed E-state index contributed by atoms with van der Waals surface area (Å²) < 4.78 is 27.7. The Morgan fingerprint density at radius 1 is 1.08 bits per heavy atom. The number of halogens is 2. The molecule has 0 spiro atoms. The molecular weight excluding hydrogens is 506 g/mol. The third kappa shape index (κ3) is 8.31. The van der Waals surface area contributed by atoms with E-state index in [-0.39, 0.29) is 49.4 Å². The second kappa shape index (κ2) is 13.6. The van der Waals surface area contributed by atoms with Crippen LogP contribution < -0.4 is 10.6 Å². The number of benzene rings is 2. The highest BCUT2D eigenvalue weighted by Gasteiger charge is 2.39. The number of amides is 3. The topological polar surface area (TPSA) is 102 Å². The van der Waals surface area contributed by atoms with Gasteiger partial charge in [0.25, 0.3) is 0 Å². The fourth-order valence-corrected chi connectivity index (χ4v) is 4.88. The maximum absolute atomic E-state index is 13.8. The Balaban J connectivity index is 1.70. The summed E-state index contributed by atoms with van der Waals surface area (Å²) in [7, 11) is 1.57. The highest BCUT2D eigenvalue weighted by atomic mass is 19.1. The smallest absolute Gasteiger partial charge is 0.246 e. The van der Waals surface area contributed by atoms with Gasteiger partial charge in [0.05, 0.1) is 12.1 Å². The summed E-state index contributed by atoms with van der Waals surface area (Å²) in [5.41, 5.74) is 2.48. The van der Waals surface area contributed by atoms with Crippen LogP contribution >= 0.6 is 0 Å². The molecule has 1 aliphatic heterocycles. The highest BCUT2D eigenvalue weighted by molar-refractivity contribution is 5.97. The van der Waals surface area contributed by atoms with E-state index in [0.29, 0.717) is 6.54 Å². The molecule has 3 N–H and O–H groups in total. The first-order valence-corrected chi connectivity index (χ1v) is 13.2. The minimum Gasteiger partial charge on any atom is -0.390 e. The monoisotopic (exact) mass is 544 g/mol. The van der Waals surface area contributed by atoms with Crippen LogP contribution in [-0.2, 0) is 33.8 Å². The number of piperazine rings is 1. The standard InChI is InChI=1S/C29H38F2N4O4/c1-5-19-7-6-8-20(9-19)14-32-15-25(36)24(12-21-10-22(30)13-23(31)11-21)33-26(37)16-35-17-27(38)34(4)28(18(2)3)29(35)39/h6-11,13,18,24-25,28,32,36H,5,12,14-17H2,1-4H3,(H,33,37)/t24-,25+,28-/m0/s1. The quantitative estimate of drug-likeness (QED) is 0.380. The van der Waals surface area contributed by atoms with Crippen molar-refractivity contribution in [1.82, 2.24) is 20.4 Å². The lowest BCUT2D eigenvalue weighted by Crippen LogP contribution is -2.62. The Labute approximate surface area is 228 Å². The van der Waals surface area contributed by atoms with Crippen molar-refractivity contribution in [3.8, 4) is 0 Å². The first-order valence-electron chi connectivity index (χ1n) is 13.2. The van der Waals surface area contributed by atoms with Crippen LogP contribution in [0.4, 0.5) is 8.78 Å². The zero-order chi connectivity index (χ0) is 28.7. The molecule has 39 heavy (non-hydrogen) atoms. The lowest BCUT2D eigenvalue weighted by Gasteiger charge is -2.40. The van der Waals surface area contributed by atoms with Crippen LogP contribution in [-0.4, -0.2) is 77.5 Å². The predicted octanol–water partition coefficient (Wildman–Crippen LogP) is 2.03. The lowest BCUT2D eigenvalue weighted by atomic mass is 9.98. The minimum absolute atomic E-state index is 0.0428. The van der Waals surface area contributed by atoms with Gasteiger partial charge in [0.15, 0.2) is 0 Å². The van der Waals surface area contributed by atoms with E-state index in [1.54, 1.807) is 7.05 Å². The number of hydrogen-bond acceptors (Lipinski definition) is 5. The van der Waals surface area contributed by atoms with Gasteiger partial charge in [0, 0.05) is 26.2 Å². The van der Waals surface area contributed by atoms with Crippen molar-refractivity contribution in [2.24, 2.45) is 5.92 Å². The largest absolute Gasteiger partial charge is 0.390 e. The normalized spacial score (nSPS) is 17.5. The van der Waals surface area contributed by atoms with Gasteiger partial charge in [-0.2, -0.15) is 0 Å². The molecule has 10 heteroatoms. The van der Waals surface area contributed by atoms with Gasteiger partial charge in [0.1, 0.15) is 30.8 Å². The zero-order valence-electron chi connectivity index (χ0n) is 22.9. The molecule has 0 aliphatic carbocycles.